The van der Waals surface area contributed by atoms with Gasteiger partial charge in [-0.25, -0.2) is 4.98 Å². The Morgan fingerprint density at radius 2 is 0.516 bits per heavy atom. The van der Waals surface area contributed by atoms with Gasteiger partial charge < -0.3 is 0 Å². The van der Waals surface area contributed by atoms with Crippen LogP contribution >= 0.6 is 0 Å². The Hall–Kier alpha value is -6.41. The number of halogens is 18. The highest BCUT2D eigenvalue weighted by molar-refractivity contribution is 6.11. The first-order valence-electron chi connectivity index (χ1n) is 17.3. The van der Waals surface area contributed by atoms with E-state index in [2.05, 4.69) is 4.98 Å². The lowest BCUT2D eigenvalue weighted by atomic mass is 9.99. The fourth-order valence-electron chi connectivity index (χ4n) is 7.26. The van der Waals surface area contributed by atoms with Crippen molar-refractivity contribution in [1.29, 1.82) is 0 Å². The quantitative estimate of drug-likeness (QED) is 0.162. The lowest BCUT2D eigenvalue weighted by Gasteiger charge is -2.18. The van der Waals surface area contributed by atoms with Gasteiger partial charge in [0.05, 0.1) is 55.4 Å². The lowest BCUT2D eigenvalue weighted by molar-refractivity contribution is -0.143. The molecule has 62 heavy (non-hydrogen) atoms. The maximum Gasteiger partial charge on any atom is 0.416 e. The summed E-state index contributed by atoms with van der Waals surface area (Å²) in [7, 11) is 0. The highest BCUT2D eigenvalue weighted by Crippen LogP contribution is 2.44. The van der Waals surface area contributed by atoms with Crippen molar-refractivity contribution in [3.8, 4) is 22.8 Å². The van der Waals surface area contributed by atoms with Gasteiger partial charge in [-0.3, -0.25) is 9.13 Å². The Balaban J connectivity index is 1.58. The number of benzene rings is 5. The number of rotatable bonds is 3. The third-order valence-corrected chi connectivity index (χ3v) is 10.0. The third-order valence-electron chi connectivity index (χ3n) is 10.0. The number of aromatic nitrogens is 3. The van der Waals surface area contributed by atoms with Crippen molar-refractivity contribution in [3.63, 3.8) is 0 Å². The number of pyridine rings is 1. The van der Waals surface area contributed by atoms with Crippen molar-refractivity contribution >= 4 is 43.6 Å². The van der Waals surface area contributed by atoms with E-state index in [1.165, 1.54) is 0 Å². The van der Waals surface area contributed by atoms with Gasteiger partial charge in [-0.15, -0.1) is 0 Å². The van der Waals surface area contributed by atoms with E-state index in [0.717, 1.165) is 24.3 Å². The number of alkyl halides is 18. The standard InChI is InChI=1S/C41H17F18N3/c42-36(43,44)20-1-5-26-27-6-2-21(37(45,46)47)15-31(27)61(30(26)14-20)34-11-19(18-9-24(40(54,55)56)13-25(10-18)41(57,58)59)12-35(60-34)62-32-16-22(38(48,49)50)3-7-28(32)29-8-4-23(17-33(29)62)39(51,52)53/h1-17H. The van der Waals surface area contributed by atoms with Crippen molar-refractivity contribution in [3.05, 3.63) is 137 Å². The summed E-state index contributed by atoms with van der Waals surface area (Å²) in [6.45, 7) is 0. The molecule has 0 amide bonds. The molecule has 8 rings (SSSR count). The van der Waals surface area contributed by atoms with Gasteiger partial charge in [-0.1, -0.05) is 24.3 Å². The zero-order valence-corrected chi connectivity index (χ0v) is 30.0. The van der Waals surface area contributed by atoms with Crippen molar-refractivity contribution in [2.45, 2.75) is 37.1 Å². The van der Waals surface area contributed by atoms with Crippen LogP contribution in [0.25, 0.3) is 66.4 Å². The van der Waals surface area contributed by atoms with Crippen molar-refractivity contribution in [2.24, 2.45) is 0 Å². The second-order valence-electron chi connectivity index (χ2n) is 14.0. The number of hydrogen-bond donors (Lipinski definition) is 0. The lowest BCUT2D eigenvalue weighted by Crippen LogP contribution is -2.11. The van der Waals surface area contributed by atoms with Gasteiger partial charge in [0.15, 0.2) is 0 Å². The first-order valence-corrected chi connectivity index (χ1v) is 17.3. The molecule has 0 saturated carbocycles. The Morgan fingerprint density at radius 3 is 0.758 bits per heavy atom. The van der Waals surface area contributed by atoms with E-state index in [9.17, 15) is 79.0 Å². The highest BCUT2D eigenvalue weighted by Gasteiger charge is 2.39. The largest absolute Gasteiger partial charge is 0.416 e. The molecule has 3 aromatic heterocycles. The first-order chi connectivity index (χ1) is 28.5. The molecule has 21 heteroatoms. The van der Waals surface area contributed by atoms with Crippen molar-refractivity contribution < 1.29 is 79.0 Å². The van der Waals surface area contributed by atoms with Crippen LogP contribution in [0.3, 0.4) is 0 Å². The van der Waals surface area contributed by atoms with E-state index in [1.807, 2.05) is 0 Å². The van der Waals surface area contributed by atoms with Gasteiger partial charge in [0, 0.05) is 21.5 Å². The molecule has 3 nitrogen and oxygen atoms in total. The van der Waals surface area contributed by atoms with Crippen LogP contribution in [0.15, 0.2) is 103 Å². The monoisotopic (exact) mass is 893 g/mol. The molecule has 0 spiro atoms. The molecule has 0 N–H and O–H groups in total. The molecule has 0 atom stereocenters. The molecule has 322 valence electrons. The van der Waals surface area contributed by atoms with Gasteiger partial charge in [-0.2, -0.15) is 79.0 Å². The molecule has 0 aliphatic carbocycles. The van der Waals surface area contributed by atoms with E-state index >= 15 is 0 Å². The summed E-state index contributed by atoms with van der Waals surface area (Å²) in [6.07, 6.45) is -31.3. The minimum atomic E-state index is -5.46. The topological polar surface area (TPSA) is 22.8 Å². The maximum atomic E-state index is 14.1. The first kappa shape index (κ1) is 42.3. The zero-order chi connectivity index (χ0) is 45.3. The summed E-state index contributed by atoms with van der Waals surface area (Å²) in [5, 5.41) is -0.684. The van der Waals surface area contributed by atoms with E-state index in [1.54, 1.807) is 0 Å². The van der Waals surface area contributed by atoms with Crippen LogP contribution in [-0.4, -0.2) is 14.1 Å². The predicted molar refractivity (Wildman–Crippen MR) is 188 cm³/mol. The number of fused-ring (bicyclic) bond motifs is 6. The van der Waals surface area contributed by atoms with E-state index < -0.39 is 115 Å². The number of hydrogen-bond acceptors (Lipinski definition) is 1. The third kappa shape index (κ3) is 7.39. The molecule has 0 bridgehead atoms. The molecule has 3 heterocycles. The summed E-state index contributed by atoms with van der Waals surface area (Å²) in [5.74, 6) is -1.65. The van der Waals surface area contributed by atoms with E-state index in [4.69, 9.17) is 0 Å². The molecule has 5 aromatic carbocycles. The fraction of sp³-hybridized carbons (Fsp3) is 0.146. The molecular formula is C41H17F18N3. The average molecular weight is 894 g/mol. The molecule has 8 aromatic rings. The van der Waals surface area contributed by atoms with Gasteiger partial charge in [0.2, 0.25) is 0 Å². The van der Waals surface area contributed by atoms with Crippen LogP contribution in [0.2, 0.25) is 0 Å². The van der Waals surface area contributed by atoms with Crippen molar-refractivity contribution in [2.75, 3.05) is 0 Å². The SMILES string of the molecule is FC(F)(F)c1cc(-c2cc(-n3c4cc(C(F)(F)F)ccc4c4ccc(C(F)(F)F)cc43)nc(-n3c4cc(C(F)(F)F)ccc4c4ccc(C(F)(F)F)cc43)c2)cc(C(F)(F)F)c1. The number of nitrogens with zero attached hydrogens (tertiary/aromatic N) is 3. The van der Waals surface area contributed by atoms with Crippen LogP contribution in [-0.2, 0) is 37.1 Å². The second-order valence-corrected chi connectivity index (χ2v) is 14.0. The van der Waals surface area contributed by atoms with Crippen LogP contribution in [0, 0.1) is 0 Å². The van der Waals surface area contributed by atoms with Gasteiger partial charge >= 0.3 is 37.1 Å². The minimum Gasteiger partial charge on any atom is -0.294 e. The Kier molecular flexibility index (Phi) is 9.24. The average Bonchev–Trinajstić information content (AvgIpc) is 3.67. The Morgan fingerprint density at radius 1 is 0.274 bits per heavy atom. The maximum absolute atomic E-state index is 14.1. The van der Waals surface area contributed by atoms with Crippen LogP contribution < -0.4 is 0 Å². The minimum absolute atomic E-state index is 0.171. The molecular weight excluding hydrogens is 876 g/mol. The molecule has 0 aliphatic heterocycles. The second kappa shape index (κ2) is 13.5. The van der Waals surface area contributed by atoms with Crippen LogP contribution in [0.1, 0.15) is 33.4 Å². The van der Waals surface area contributed by atoms with Gasteiger partial charge in [0.1, 0.15) is 11.6 Å². The molecule has 0 radical (unpaired) electrons. The molecule has 0 aliphatic rings. The normalized spacial score (nSPS) is 13.6. The fourth-order valence-corrected chi connectivity index (χ4v) is 7.26. The molecule has 0 unspecified atom stereocenters. The summed E-state index contributed by atoms with van der Waals surface area (Å²) in [4.78, 5) is 4.31. The van der Waals surface area contributed by atoms with Crippen LogP contribution in [0.4, 0.5) is 79.0 Å². The zero-order valence-electron chi connectivity index (χ0n) is 30.0. The van der Waals surface area contributed by atoms with Crippen molar-refractivity contribution in [1.82, 2.24) is 14.1 Å². The van der Waals surface area contributed by atoms with E-state index in [0.29, 0.717) is 69.8 Å². The summed E-state index contributed by atoms with van der Waals surface area (Å²) < 4.78 is 256. The predicted octanol–water partition coefficient (Wildman–Crippen LogP) is 15.1. The van der Waals surface area contributed by atoms with E-state index in [-0.39, 0.29) is 39.7 Å². The molecule has 0 saturated heterocycles. The molecule has 0 fully saturated rings. The smallest absolute Gasteiger partial charge is 0.294 e. The van der Waals surface area contributed by atoms with Gasteiger partial charge in [-0.05, 0) is 90.0 Å². The Labute approximate surface area is 333 Å². The highest BCUT2D eigenvalue weighted by atomic mass is 19.4. The summed E-state index contributed by atoms with van der Waals surface area (Å²) in [5.41, 5.74) is -13.2. The van der Waals surface area contributed by atoms with Crippen LogP contribution in [0.5, 0.6) is 0 Å². The summed E-state index contributed by atoms with van der Waals surface area (Å²) >= 11 is 0. The Bertz CT molecular complexity index is 2760. The van der Waals surface area contributed by atoms with Gasteiger partial charge in [0.25, 0.3) is 0 Å². The summed E-state index contributed by atoms with van der Waals surface area (Å²) in [6, 6.07) is 9.27.